The van der Waals surface area contributed by atoms with E-state index in [-0.39, 0.29) is 18.6 Å². The quantitative estimate of drug-likeness (QED) is 0.853. The van der Waals surface area contributed by atoms with E-state index in [2.05, 4.69) is 5.32 Å². The number of rotatable bonds is 7. The van der Waals surface area contributed by atoms with E-state index >= 15 is 0 Å². The summed E-state index contributed by atoms with van der Waals surface area (Å²) in [4.78, 5) is 14.0. The third-order valence-electron chi connectivity index (χ3n) is 3.60. The summed E-state index contributed by atoms with van der Waals surface area (Å²) in [6.45, 7) is 4.38. The zero-order chi connectivity index (χ0) is 16.8. The fourth-order valence-electron chi connectivity index (χ4n) is 2.22. The minimum absolute atomic E-state index is 0.000389. The first-order valence-electron chi connectivity index (χ1n) is 7.64. The molecule has 0 fully saturated rings. The molecule has 1 atom stereocenters. The van der Waals surface area contributed by atoms with Gasteiger partial charge in [0, 0.05) is 6.54 Å². The van der Waals surface area contributed by atoms with Crippen LogP contribution in [0.4, 0.5) is 0 Å². The van der Waals surface area contributed by atoms with Crippen molar-refractivity contribution in [2.75, 3.05) is 27.2 Å². The fraction of sp³-hybridized carbons (Fsp3) is 0.389. The van der Waals surface area contributed by atoms with Crippen LogP contribution in [0.25, 0.3) is 0 Å². The van der Waals surface area contributed by atoms with Crippen molar-refractivity contribution >= 4 is 5.91 Å². The van der Waals surface area contributed by atoms with E-state index in [1.807, 2.05) is 69.2 Å². The summed E-state index contributed by atoms with van der Waals surface area (Å²) in [5.41, 5.74) is 1.16. The Kier molecular flexibility index (Phi) is 5.82. The van der Waals surface area contributed by atoms with Gasteiger partial charge in [0.1, 0.15) is 17.3 Å². The van der Waals surface area contributed by atoms with Gasteiger partial charge in [0.2, 0.25) is 0 Å². The molecule has 1 N–H and O–H groups in total. The highest BCUT2D eigenvalue weighted by Gasteiger charge is 2.18. The van der Waals surface area contributed by atoms with Gasteiger partial charge < -0.3 is 14.5 Å². The molecule has 124 valence electrons. The maximum atomic E-state index is 12.0. The molecule has 23 heavy (non-hydrogen) atoms. The number of aryl methyl sites for hydroxylation is 2. The van der Waals surface area contributed by atoms with Gasteiger partial charge >= 0.3 is 0 Å². The largest absolute Gasteiger partial charge is 0.484 e. The summed E-state index contributed by atoms with van der Waals surface area (Å²) < 4.78 is 11.1. The summed E-state index contributed by atoms with van der Waals surface area (Å²) in [6, 6.07) is 11.5. The van der Waals surface area contributed by atoms with E-state index in [0.717, 1.165) is 17.1 Å². The Morgan fingerprint density at radius 1 is 1.17 bits per heavy atom. The predicted molar refractivity (Wildman–Crippen MR) is 89.6 cm³/mol. The van der Waals surface area contributed by atoms with E-state index in [9.17, 15) is 4.79 Å². The molecular formula is C18H24N2O3. The molecule has 2 rings (SSSR count). The molecular weight excluding hydrogens is 292 g/mol. The number of furan rings is 1. The molecule has 0 aliphatic heterocycles. The Morgan fingerprint density at radius 2 is 1.87 bits per heavy atom. The SMILES string of the molecule is Cc1ccc(OCC(=O)NCC(c2ccc(C)o2)N(C)C)cc1. The Hall–Kier alpha value is -2.27. The minimum Gasteiger partial charge on any atom is -0.484 e. The minimum atomic E-state index is -0.152. The summed E-state index contributed by atoms with van der Waals surface area (Å²) >= 11 is 0. The van der Waals surface area contributed by atoms with Crippen LogP contribution in [0.15, 0.2) is 40.8 Å². The van der Waals surface area contributed by atoms with E-state index in [1.165, 1.54) is 0 Å². The highest BCUT2D eigenvalue weighted by molar-refractivity contribution is 5.77. The molecule has 2 aromatic rings. The lowest BCUT2D eigenvalue weighted by molar-refractivity contribution is -0.123. The number of hydrogen-bond donors (Lipinski definition) is 1. The molecule has 1 aromatic heterocycles. The Labute approximate surface area is 137 Å². The monoisotopic (exact) mass is 316 g/mol. The van der Waals surface area contributed by atoms with Crippen molar-refractivity contribution in [3.8, 4) is 5.75 Å². The first kappa shape index (κ1) is 17.1. The molecule has 0 radical (unpaired) electrons. The van der Waals surface area contributed by atoms with Gasteiger partial charge in [-0.25, -0.2) is 0 Å². The van der Waals surface area contributed by atoms with Crippen molar-refractivity contribution in [3.05, 3.63) is 53.5 Å². The van der Waals surface area contributed by atoms with Gasteiger partial charge in [0.25, 0.3) is 5.91 Å². The molecule has 5 heteroatoms. The highest BCUT2D eigenvalue weighted by atomic mass is 16.5. The first-order valence-corrected chi connectivity index (χ1v) is 7.64. The van der Waals surface area contributed by atoms with Gasteiger partial charge in [-0.15, -0.1) is 0 Å². The normalized spacial score (nSPS) is 12.2. The Morgan fingerprint density at radius 3 is 2.43 bits per heavy atom. The first-order chi connectivity index (χ1) is 11.0. The molecule has 0 bridgehead atoms. The van der Waals surface area contributed by atoms with Crippen LogP contribution in [0.2, 0.25) is 0 Å². The number of benzene rings is 1. The fourth-order valence-corrected chi connectivity index (χ4v) is 2.22. The second-order valence-electron chi connectivity index (χ2n) is 5.83. The van der Waals surface area contributed by atoms with E-state index < -0.39 is 0 Å². The van der Waals surface area contributed by atoms with E-state index in [0.29, 0.717) is 12.3 Å². The van der Waals surface area contributed by atoms with Crippen LogP contribution in [0.3, 0.4) is 0 Å². The maximum absolute atomic E-state index is 12.0. The molecule has 0 saturated carbocycles. The van der Waals surface area contributed by atoms with Crippen LogP contribution >= 0.6 is 0 Å². The molecule has 5 nitrogen and oxygen atoms in total. The number of carbonyl (C=O) groups excluding carboxylic acids is 1. The number of nitrogens with zero attached hydrogens (tertiary/aromatic N) is 1. The number of likely N-dealkylation sites (N-methyl/N-ethyl adjacent to an activating group) is 1. The van der Waals surface area contributed by atoms with Crippen molar-refractivity contribution in [2.45, 2.75) is 19.9 Å². The third-order valence-corrected chi connectivity index (χ3v) is 3.60. The van der Waals surface area contributed by atoms with Gasteiger partial charge in [-0.2, -0.15) is 0 Å². The number of amides is 1. The van der Waals surface area contributed by atoms with Crippen LogP contribution in [-0.4, -0.2) is 38.1 Å². The number of nitrogens with one attached hydrogen (secondary N) is 1. The van der Waals surface area contributed by atoms with Crippen LogP contribution in [0.1, 0.15) is 23.1 Å². The summed E-state index contributed by atoms with van der Waals surface area (Å²) in [6.07, 6.45) is 0. The van der Waals surface area contributed by atoms with Crippen LogP contribution < -0.4 is 10.1 Å². The van der Waals surface area contributed by atoms with Crippen LogP contribution in [-0.2, 0) is 4.79 Å². The Balaban J connectivity index is 1.83. The van der Waals surface area contributed by atoms with Crippen molar-refractivity contribution in [1.29, 1.82) is 0 Å². The molecule has 0 spiro atoms. The van der Waals surface area contributed by atoms with Gasteiger partial charge in [-0.1, -0.05) is 17.7 Å². The lowest BCUT2D eigenvalue weighted by Gasteiger charge is -2.22. The Bertz CT molecular complexity index is 632. The smallest absolute Gasteiger partial charge is 0.258 e. The second-order valence-corrected chi connectivity index (χ2v) is 5.83. The van der Waals surface area contributed by atoms with Crippen molar-refractivity contribution in [1.82, 2.24) is 10.2 Å². The standard InChI is InChI=1S/C18H24N2O3/c1-13-5-8-15(9-6-13)22-12-18(21)19-11-16(20(3)4)17-10-7-14(2)23-17/h5-10,16H,11-12H2,1-4H3,(H,19,21). The van der Waals surface area contributed by atoms with E-state index in [1.54, 1.807) is 0 Å². The third kappa shape index (κ3) is 5.14. The van der Waals surface area contributed by atoms with Gasteiger partial charge in [-0.3, -0.25) is 9.69 Å². The zero-order valence-electron chi connectivity index (χ0n) is 14.1. The van der Waals surface area contributed by atoms with Gasteiger partial charge in [0.15, 0.2) is 6.61 Å². The summed E-state index contributed by atoms with van der Waals surface area (Å²) in [7, 11) is 3.91. The van der Waals surface area contributed by atoms with Gasteiger partial charge in [-0.05, 0) is 52.2 Å². The lowest BCUT2D eigenvalue weighted by Crippen LogP contribution is -2.36. The summed E-state index contributed by atoms with van der Waals surface area (Å²) in [5.74, 6) is 2.24. The van der Waals surface area contributed by atoms with Crippen LogP contribution in [0.5, 0.6) is 5.75 Å². The van der Waals surface area contributed by atoms with E-state index in [4.69, 9.17) is 9.15 Å². The number of ether oxygens (including phenoxy) is 1. The van der Waals surface area contributed by atoms with Crippen molar-refractivity contribution in [3.63, 3.8) is 0 Å². The molecule has 0 aliphatic rings. The molecule has 1 aromatic carbocycles. The number of carbonyl (C=O) groups is 1. The molecule has 1 unspecified atom stereocenters. The topological polar surface area (TPSA) is 54.7 Å². The molecule has 0 saturated heterocycles. The maximum Gasteiger partial charge on any atom is 0.258 e. The second kappa shape index (κ2) is 7.83. The highest BCUT2D eigenvalue weighted by Crippen LogP contribution is 2.19. The molecule has 1 heterocycles. The van der Waals surface area contributed by atoms with Crippen molar-refractivity contribution < 1.29 is 13.9 Å². The molecule has 1 amide bonds. The van der Waals surface area contributed by atoms with Gasteiger partial charge in [0.05, 0.1) is 6.04 Å². The summed E-state index contributed by atoms with van der Waals surface area (Å²) in [5, 5.41) is 2.89. The van der Waals surface area contributed by atoms with Crippen molar-refractivity contribution in [2.24, 2.45) is 0 Å². The number of hydrogen-bond acceptors (Lipinski definition) is 4. The lowest BCUT2D eigenvalue weighted by atomic mass is 10.2. The average molecular weight is 316 g/mol. The average Bonchev–Trinajstić information content (AvgIpc) is 2.93. The molecule has 0 aliphatic carbocycles. The predicted octanol–water partition coefficient (Wildman–Crippen LogP) is 2.69. The zero-order valence-corrected chi connectivity index (χ0v) is 14.1. The van der Waals surface area contributed by atoms with Crippen LogP contribution in [0, 0.1) is 13.8 Å².